The first kappa shape index (κ1) is 8.32. The van der Waals surface area contributed by atoms with Crippen LogP contribution in [0.3, 0.4) is 0 Å². The van der Waals surface area contributed by atoms with E-state index in [0.29, 0.717) is 0 Å². The van der Waals surface area contributed by atoms with E-state index >= 15 is 0 Å². The first-order valence-corrected chi connectivity index (χ1v) is 10.9. The minimum atomic E-state index is -0.784. The molecule has 0 heteroatoms. The molecule has 0 unspecified atom stereocenters. The van der Waals surface area contributed by atoms with Gasteiger partial charge in [-0.05, 0) is 78.2 Å². The summed E-state index contributed by atoms with van der Waals surface area (Å²) in [6.07, 6.45) is -1.42. The lowest BCUT2D eigenvalue weighted by molar-refractivity contribution is 1.22. The van der Waals surface area contributed by atoms with Crippen LogP contribution in [-0.4, -0.2) is 0 Å². The van der Waals surface area contributed by atoms with Crippen LogP contribution in [0.25, 0.3) is 43.1 Å². The van der Waals surface area contributed by atoms with Crippen LogP contribution in [0.4, 0.5) is 0 Å². The summed E-state index contributed by atoms with van der Waals surface area (Å²) in [5.74, 6) is 0. The molecule has 0 nitrogen and oxygen atoms in total. The molecule has 0 bridgehead atoms. The summed E-state index contributed by atoms with van der Waals surface area (Å²) in [6, 6.07) is -15.6. The van der Waals surface area contributed by atoms with E-state index in [1.54, 1.807) is 0 Å². The zero-order chi connectivity index (χ0) is 43.0. The molecule has 0 aromatic heterocycles. The van der Waals surface area contributed by atoms with Gasteiger partial charge in [0.05, 0.1) is 30.2 Å². The van der Waals surface area contributed by atoms with Crippen molar-refractivity contribution in [2.24, 2.45) is 0 Å². The fourth-order valence-electron chi connectivity index (χ4n) is 4.30. The molecule has 170 valence electrons. The highest BCUT2D eigenvalue weighted by molar-refractivity contribution is 6.06. The molecule has 7 aromatic carbocycles. The van der Waals surface area contributed by atoms with Gasteiger partial charge in [-0.3, -0.25) is 0 Å². The number of rotatable bonds is 4. The minimum Gasteiger partial charge on any atom is -0.0616 e. The van der Waals surface area contributed by atoms with Crippen LogP contribution in [0.1, 0.15) is 52.4 Å². The van der Waals surface area contributed by atoms with E-state index < -0.39 is 167 Å². The maximum atomic E-state index is 9.12. The lowest BCUT2D eigenvalue weighted by atomic mass is 9.86. The monoisotopic (exact) mass is 480 g/mol. The Labute approximate surface area is 242 Å². The Kier molecular flexibility index (Phi) is 2.00. The molecule has 0 aliphatic heterocycles. The highest BCUT2D eigenvalue weighted by Crippen LogP contribution is 2.36. The van der Waals surface area contributed by atoms with Crippen molar-refractivity contribution in [2.75, 3.05) is 0 Å². The normalized spacial score (nSPS) is 20.1. The molecular formula is C36H26. The summed E-state index contributed by atoms with van der Waals surface area (Å²) in [6.45, 7) is 0. The van der Waals surface area contributed by atoms with Crippen LogP contribution in [0, 0.1) is 0 Å². The summed E-state index contributed by atoms with van der Waals surface area (Å²) in [5, 5.41) is -3.08. The first-order chi connectivity index (χ1) is 27.0. The summed E-state index contributed by atoms with van der Waals surface area (Å²) >= 11 is 0. The summed E-state index contributed by atoms with van der Waals surface area (Å²) in [4.78, 5) is 0. The van der Waals surface area contributed by atoms with Crippen LogP contribution in [0.5, 0.6) is 0 Å². The Morgan fingerprint density at radius 3 is 1.08 bits per heavy atom. The van der Waals surface area contributed by atoms with Crippen molar-refractivity contribution in [1.29, 1.82) is 0 Å². The summed E-state index contributed by atoms with van der Waals surface area (Å²) < 4.78 is 191. The highest BCUT2D eigenvalue weighted by atomic mass is 14.2. The molecule has 0 aliphatic carbocycles. The van der Waals surface area contributed by atoms with Crippen LogP contribution in [0.2, 0.25) is 0 Å². The second kappa shape index (κ2) is 8.66. The number of hydrogen-bond donors (Lipinski definition) is 0. The van der Waals surface area contributed by atoms with Crippen LogP contribution in [0.15, 0.2) is 133 Å². The van der Waals surface area contributed by atoms with Gasteiger partial charge >= 0.3 is 0 Å². The van der Waals surface area contributed by atoms with Gasteiger partial charge in [0.25, 0.3) is 0 Å². The number of fused-ring (bicyclic) bond motifs is 4. The maximum Gasteiger partial charge on any atom is 0.0632 e. The Hall–Kier alpha value is -4.42. The van der Waals surface area contributed by atoms with E-state index in [2.05, 4.69) is 0 Å². The molecule has 0 saturated heterocycles. The van der Waals surface area contributed by atoms with Gasteiger partial charge in [0.2, 0.25) is 0 Å². The van der Waals surface area contributed by atoms with Gasteiger partial charge in [-0.15, -0.1) is 0 Å². The predicted molar refractivity (Wildman–Crippen MR) is 155 cm³/mol. The molecule has 0 spiro atoms. The fraction of sp³-hybridized carbons (Fsp3) is 0.0556. The van der Waals surface area contributed by atoms with Crippen molar-refractivity contribution in [3.05, 3.63) is 155 Å². The standard InChI is InChI=1S/C36H26/c1-3-11-29-21-25(17-19-27(29)9-1)23-35-31-13-5-7-15-33(31)36(34-16-8-6-14-32(34)35)24-26-18-20-28-10-2-4-12-30(28)22-26/h1-22H,23-24H2/i1D,2D,3D,4D,5D,6D,7D,8D,9D,10D,11D,12D,13D,14D,15D,16D,17D,18D,19D,20D,21D,22D. The molecule has 7 rings (SSSR count). The van der Waals surface area contributed by atoms with Crippen molar-refractivity contribution in [3.8, 4) is 0 Å². The molecular weight excluding hydrogens is 432 g/mol. The Balaban J connectivity index is 1.70. The average Bonchev–Trinajstić information content (AvgIpc) is 3.19. The molecule has 0 heterocycles. The van der Waals surface area contributed by atoms with Gasteiger partial charge in [-0.1, -0.05) is 133 Å². The largest absolute Gasteiger partial charge is 0.0632 e. The molecule has 0 fully saturated rings. The van der Waals surface area contributed by atoms with E-state index in [0.717, 1.165) is 0 Å². The lowest BCUT2D eigenvalue weighted by Gasteiger charge is -2.18. The van der Waals surface area contributed by atoms with Crippen molar-refractivity contribution in [3.63, 3.8) is 0 Å². The molecule has 0 atom stereocenters. The first-order valence-electron chi connectivity index (χ1n) is 21.9. The number of hydrogen-bond acceptors (Lipinski definition) is 0. The number of benzene rings is 7. The fourth-order valence-corrected chi connectivity index (χ4v) is 4.30. The summed E-state index contributed by atoms with van der Waals surface area (Å²) in [5.41, 5.74) is -1.22. The third kappa shape index (κ3) is 3.63. The molecule has 0 saturated carbocycles. The molecule has 0 N–H and O–H groups in total. The molecule has 0 amide bonds. The Morgan fingerprint density at radius 2 is 0.694 bits per heavy atom. The van der Waals surface area contributed by atoms with E-state index in [-0.39, 0.29) is 43.8 Å². The third-order valence-corrected chi connectivity index (χ3v) is 5.89. The Bertz CT molecular complexity index is 2790. The molecule has 36 heavy (non-hydrogen) atoms. The second-order valence-electron chi connectivity index (χ2n) is 8.02. The van der Waals surface area contributed by atoms with Crippen molar-refractivity contribution in [1.82, 2.24) is 0 Å². The smallest absolute Gasteiger partial charge is 0.0616 e. The Morgan fingerprint density at radius 1 is 0.361 bits per heavy atom. The van der Waals surface area contributed by atoms with Crippen molar-refractivity contribution >= 4 is 43.1 Å². The van der Waals surface area contributed by atoms with E-state index in [4.69, 9.17) is 30.2 Å². The quantitative estimate of drug-likeness (QED) is 0.220. The molecule has 0 radical (unpaired) electrons. The SMILES string of the molecule is [2H]c1c([2H])c([2H])c2c([2H])c(Cc3c4c([2H])c([2H])c([2H])c([2H])c4c(Cc4c([2H])c([2H])c5c([2H])c([2H])c([2H])c([2H])c5c4[2H])c4c([2H])c([2H])c([2H])c([2H])c34)c([2H])c([2H])c2c1[2H]. The van der Waals surface area contributed by atoms with Gasteiger partial charge in [-0.25, -0.2) is 0 Å². The topological polar surface area (TPSA) is 0 Å². The summed E-state index contributed by atoms with van der Waals surface area (Å²) in [7, 11) is 0. The van der Waals surface area contributed by atoms with Crippen LogP contribution < -0.4 is 0 Å². The van der Waals surface area contributed by atoms with E-state index in [1.165, 1.54) is 0 Å². The third-order valence-electron chi connectivity index (χ3n) is 5.89. The zero-order valence-corrected chi connectivity index (χ0v) is 18.4. The second-order valence-corrected chi connectivity index (χ2v) is 8.02. The zero-order valence-electron chi connectivity index (χ0n) is 40.4. The minimum absolute atomic E-state index is 0.250. The van der Waals surface area contributed by atoms with Crippen molar-refractivity contribution < 1.29 is 30.2 Å². The lowest BCUT2D eigenvalue weighted by Crippen LogP contribution is -1.98. The van der Waals surface area contributed by atoms with Gasteiger partial charge in [-0.2, -0.15) is 0 Å². The van der Waals surface area contributed by atoms with Crippen LogP contribution >= 0.6 is 0 Å². The van der Waals surface area contributed by atoms with E-state index in [9.17, 15) is 0 Å². The van der Waals surface area contributed by atoms with Crippen molar-refractivity contribution in [2.45, 2.75) is 12.8 Å². The predicted octanol–water partition coefficient (Wildman–Crippen LogP) is 9.48. The van der Waals surface area contributed by atoms with Gasteiger partial charge in [0.1, 0.15) is 0 Å². The average molecular weight is 481 g/mol. The van der Waals surface area contributed by atoms with Crippen LogP contribution in [-0.2, 0) is 12.8 Å². The molecule has 0 aliphatic rings. The van der Waals surface area contributed by atoms with Gasteiger partial charge in [0, 0.05) is 0 Å². The maximum absolute atomic E-state index is 9.12. The highest BCUT2D eigenvalue weighted by Gasteiger charge is 2.15. The van der Waals surface area contributed by atoms with Gasteiger partial charge in [0.15, 0.2) is 0 Å². The molecule has 7 aromatic rings. The van der Waals surface area contributed by atoms with Gasteiger partial charge < -0.3 is 0 Å². The van der Waals surface area contributed by atoms with E-state index in [1.807, 2.05) is 0 Å².